The number of methoxy groups -OCH3 is 1. The number of nitrogens with zero attached hydrogens (tertiary/aromatic N) is 1. The molecule has 0 bridgehead atoms. The van der Waals surface area contributed by atoms with Crippen molar-refractivity contribution in [2.75, 3.05) is 7.11 Å². The Hall–Kier alpha value is -2.36. The van der Waals surface area contributed by atoms with Crippen LogP contribution >= 0.6 is 0 Å². The van der Waals surface area contributed by atoms with Crippen molar-refractivity contribution >= 4 is 5.91 Å². The number of amides is 1. The summed E-state index contributed by atoms with van der Waals surface area (Å²) in [6.45, 7) is 2.35. The van der Waals surface area contributed by atoms with Crippen LogP contribution in [0.5, 0.6) is 5.75 Å². The van der Waals surface area contributed by atoms with E-state index < -0.39 is 0 Å². The highest BCUT2D eigenvalue weighted by Crippen LogP contribution is 2.11. The van der Waals surface area contributed by atoms with E-state index in [1.807, 2.05) is 25.1 Å². The van der Waals surface area contributed by atoms with Crippen molar-refractivity contribution in [3.8, 4) is 5.75 Å². The summed E-state index contributed by atoms with van der Waals surface area (Å²) >= 11 is 0. The summed E-state index contributed by atoms with van der Waals surface area (Å²) in [4.78, 5) is 16.3. The van der Waals surface area contributed by atoms with Gasteiger partial charge >= 0.3 is 0 Å². The summed E-state index contributed by atoms with van der Waals surface area (Å²) in [5, 5.41) is 2.84. The van der Waals surface area contributed by atoms with E-state index in [1.165, 1.54) is 0 Å². The zero-order valence-corrected chi connectivity index (χ0v) is 11.0. The Morgan fingerprint density at radius 2 is 1.95 bits per heavy atom. The molecule has 0 spiro atoms. The zero-order chi connectivity index (χ0) is 13.7. The molecule has 1 amide bonds. The van der Waals surface area contributed by atoms with E-state index in [-0.39, 0.29) is 5.91 Å². The quantitative estimate of drug-likeness (QED) is 0.913. The first-order valence-electron chi connectivity index (χ1n) is 6.04. The second kappa shape index (κ2) is 6.00. The summed E-state index contributed by atoms with van der Waals surface area (Å²) in [6, 6.07) is 12.7. The van der Waals surface area contributed by atoms with Crippen molar-refractivity contribution in [2.24, 2.45) is 0 Å². The number of carbonyl (C=O) groups is 1. The summed E-state index contributed by atoms with van der Waals surface area (Å²) in [5.74, 6) is 0.614. The van der Waals surface area contributed by atoms with Gasteiger partial charge in [-0.15, -0.1) is 0 Å². The normalized spacial score (nSPS) is 10.0. The summed E-state index contributed by atoms with van der Waals surface area (Å²) in [5.41, 5.74) is 2.39. The summed E-state index contributed by atoms with van der Waals surface area (Å²) < 4.78 is 5.05. The van der Waals surface area contributed by atoms with Crippen LogP contribution in [0.2, 0.25) is 0 Å². The van der Waals surface area contributed by atoms with Crippen LogP contribution in [0.1, 0.15) is 21.7 Å². The lowest BCUT2D eigenvalue weighted by Gasteiger charge is -2.06. The van der Waals surface area contributed by atoms with Gasteiger partial charge < -0.3 is 10.1 Å². The molecular weight excluding hydrogens is 240 g/mol. The number of ether oxygens (including phenoxy) is 1. The molecular formula is C15H16N2O2. The maximum Gasteiger partial charge on any atom is 0.251 e. The Balaban J connectivity index is 1.97. The Labute approximate surface area is 112 Å². The topological polar surface area (TPSA) is 51.2 Å². The van der Waals surface area contributed by atoms with Gasteiger partial charge in [-0.2, -0.15) is 0 Å². The van der Waals surface area contributed by atoms with Crippen LogP contribution in [0.3, 0.4) is 0 Å². The fourth-order valence-corrected chi connectivity index (χ4v) is 1.71. The number of rotatable bonds is 4. The highest BCUT2D eigenvalue weighted by Gasteiger charge is 2.05. The van der Waals surface area contributed by atoms with Crippen LogP contribution < -0.4 is 10.1 Å². The molecule has 2 aromatic rings. The van der Waals surface area contributed by atoms with Gasteiger partial charge in [0.15, 0.2) is 0 Å². The van der Waals surface area contributed by atoms with E-state index in [0.29, 0.717) is 12.1 Å². The molecule has 0 aliphatic heterocycles. The van der Waals surface area contributed by atoms with Crippen LogP contribution in [0, 0.1) is 6.92 Å². The Bertz CT molecular complexity index is 565. The number of nitrogens with one attached hydrogen (secondary N) is 1. The Kier molecular flexibility index (Phi) is 4.13. The number of hydrogen-bond acceptors (Lipinski definition) is 3. The number of aromatic nitrogens is 1. The maximum absolute atomic E-state index is 11.9. The molecule has 19 heavy (non-hydrogen) atoms. The smallest absolute Gasteiger partial charge is 0.251 e. The average molecular weight is 256 g/mol. The fraction of sp³-hybridized carbons (Fsp3) is 0.200. The van der Waals surface area contributed by atoms with Crippen LogP contribution in [0.4, 0.5) is 0 Å². The molecule has 4 nitrogen and oxygen atoms in total. The van der Waals surface area contributed by atoms with E-state index in [1.54, 1.807) is 31.4 Å². The molecule has 98 valence electrons. The predicted octanol–water partition coefficient (Wildman–Crippen LogP) is 2.33. The first-order chi connectivity index (χ1) is 9.19. The molecule has 0 aliphatic carbocycles. The van der Waals surface area contributed by atoms with E-state index in [9.17, 15) is 4.79 Å². The molecule has 1 aromatic carbocycles. The van der Waals surface area contributed by atoms with E-state index in [2.05, 4.69) is 10.3 Å². The van der Waals surface area contributed by atoms with Gasteiger partial charge in [0.2, 0.25) is 0 Å². The van der Waals surface area contributed by atoms with Crippen molar-refractivity contribution in [2.45, 2.75) is 13.5 Å². The Morgan fingerprint density at radius 3 is 2.58 bits per heavy atom. The number of hydrogen-bond donors (Lipinski definition) is 1. The predicted molar refractivity (Wildman–Crippen MR) is 73.1 cm³/mol. The highest BCUT2D eigenvalue weighted by molar-refractivity contribution is 5.94. The van der Waals surface area contributed by atoms with Crippen LogP contribution in [-0.2, 0) is 6.54 Å². The molecule has 0 aliphatic rings. The Morgan fingerprint density at radius 1 is 1.21 bits per heavy atom. The lowest BCUT2D eigenvalue weighted by molar-refractivity contribution is 0.0950. The second-order valence-corrected chi connectivity index (χ2v) is 4.18. The molecule has 1 N–H and O–H groups in total. The van der Waals surface area contributed by atoms with Crippen LogP contribution in [0.25, 0.3) is 0 Å². The SMILES string of the molecule is COc1ccc(C(=O)NCc2cccc(C)n2)cc1. The van der Waals surface area contributed by atoms with Gasteiger partial charge in [-0.3, -0.25) is 9.78 Å². The average Bonchev–Trinajstić information content (AvgIpc) is 2.45. The molecule has 0 saturated carbocycles. The first-order valence-corrected chi connectivity index (χ1v) is 6.04. The van der Waals surface area contributed by atoms with Crippen molar-refractivity contribution < 1.29 is 9.53 Å². The summed E-state index contributed by atoms with van der Waals surface area (Å²) in [7, 11) is 1.60. The monoisotopic (exact) mass is 256 g/mol. The molecule has 0 atom stereocenters. The zero-order valence-electron chi connectivity index (χ0n) is 11.0. The maximum atomic E-state index is 11.9. The number of pyridine rings is 1. The molecule has 4 heteroatoms. The second-order valence-electron chi connectivity index (χ2n) is 4.18. The van der Waals surface area contributed by atoms with Crippen molar-refractivity contribution in [1.29, 1.82) is 0 Å². The van der Waals surface area contributed by atoms with Crippen molar-refractivity contribution in [1.82, 2.24) is 10.3 Å². The number of aryl methyl sites for hydroxylation is 1. The number of carbonyl (C=O) groups excluding carboxylic acids is 1. The van der Waals surface area contributed by atoms with Crippen molar-refractivity contribution in [3.05, 3.63) is 59.4 Å². The van der Waals surface area contributed by atoms with Crippen molar-refractivity contribution in [3.63, 3.8) is 0 Å². The minimum atomic E-state index is -0.119. The van der Waals surface area contributed by atoms with E-state index in [4.69, 9.17) is 4.74 Å². The minimum absolute atomic E-state index is 0.119. The third-order valence-electron chi connectivity index (χ3n) is 2.73. The van der Waals surface area contributed by atoms with Gasteiger partial charge in [0, 0.05) is 11.3 Å². The van der Waals surface area contributed by atoms with Gasteiger partial charge in [0.05, 0.1) is 19.3 Å². The van der Waals surface area contributed by atoms with E-state index >= 15 is 0 Å². The number of benzene rings is 1. The lowest BCUT2D eigenvalue weighted by atomic mass is 10.2. The van der Waals surface area contributed by atoms with Gasteiger partial charge in [-0.25, -0.2) is 0 Å². The van der Waals surface area contributed by atoms with Crippen LogP contribution in [-0.4, -0.2) is 18.0 Å². The standard InChI is InChI=1S/C15H16N2O2/c1-11-4-3-5-13(17-11)10-16-15(18)12-6-8-14(19-2)9-7-12/h3-9H,10H2,1-2H3,(H,16,18). The van der Waals surface area contributed by atoms with Crippen LogP contribution in [0.15, 0.2) is 42.5 Å². The van der Waals surface area contributed by atoms with Gasteiger partial charge in [0.25, 0.3) is 5.91 Å². The molecule has 0 fully saturated rings. The van der Waals surface area contributed by atoms with Gasteiger partial charge in [-0.05, 0) is 43.3 Å². The van der Waals surface area contributed by atoms with E-state index in [0.717, 1.165) is 17.1 Å². The third-order valence-corrected chi connectivity index (χ3v) is 2.73. The fourth-order valence-electron chi connectivity index (χ4n) is 1.71. The summed E-state index contributed by atoms with van der Waals surface area (Å²) in [6.07, 6.45) is 0. The molecule has 2 rings (SSSR count). The molecule has 0 saturated heterocycles. The lowest BCUT2D eigenvalue weighted by Crippen LogP contribution is -2.23. The van der Waals surface area contributed by atoms with Gasteiger partial charge in [-0.1, -0.05) is 6.07 Å². The molecule has 1 heterocycles. The largest absolute Gasteiger partial charge is 0.497 e. The highest BCUT2D eigenvalue weighted by atomic mass is 16.5. The molecule has 1 aromatic heterocycles. The first kappa shape index (κ1) is 13.1. The molecule has 0 unspecified atom stereocenters. The minimum Gasteiger partial charge on any atom is -0.497 e. The van der Waals surface area contributed by atoms with Gasteiger partial charge in [0.1, 0.15) is 5.75 Å². The third kappa shape index (κ3) is 3.55. The molecule has 0 radical (unpaired) electrons.